The Morgan fingerprint density at radius 2 is 2.17 bits per heavy atom. The second-order valence-electron chi connectivity index (χ2n) is 8.54. The van der Waals surface area contributed by atoms with Gasteiger partial charge in [0.2, 0.25) is 0 Å². The Morgan fingerprint density at radius 3 is 2.91 bits per heavy atom. The van der Waals surface area contributed by atoms with Gasteiger partial charge in [0.1, 0.15) is 34.5 Å². The lowest BCUT2D eigenvalue weighted by atomic mass is 10.0. The van der Waals surface area contributed by atoms with Crippen molar-refractivity contribution in [2.75, 3.05) is 13.7 Å². The van der Waals surface area contributed by atoms with Crippen LogP contribution in [0.4, 0.5) is 0 Å². The van der Waals surface area contributed by atoms with E-state index in [0.29, 0.717) is 34.3 Å². The van der Waals surface area contributed by atoms with E-state index in [4.69, 9.17) is 18.9 Å². The zero-order chi connectivity index (χ0) is 23.9. The fraction of sp³-hybridized carbons (Fsp3) is 0.222. The molecule has 6 rings (SSSR count). The highest BCUT2D eigenvalue weighted by Gasteiger charge is 2.29. The summed E-state index contributed by atoms with van der Waals surface area (Å²) < 4.78 is 19.5. The van der Waals surface area contributed by atoms with Crippen molar-refractivity contribution in [1.29, 1.82) is 0 Å². The second kappa shape index (κ2) is 8.70. The number of methoxy groups -OCH3 is 1. The summed E-state index contributed by atoms with van der Waals surface area (Å²) in [5.41, 5.74) is 1.97. The molecule has 2 aromatic carbocycles. The van der Waals surface area contributed by atoms with E-state index >= 15 is 0 Å². The van der Waals surface area contributed by atoms with Gasteiger partial charge in [-0.2, -0.15) is 0 Å². The Balaban J connectivity index is 1.64. The molecule has 5 aromatic rings. The van der Waals surface area contributed by atoms with E-state index in [1.165, 1.54) is 17.7 Å². The Bertz CT molecular complexity index is 1610. The van der Waals surface area contributed by atoms with Crippen LogP contribution in [0.5, 0.6) is 11.5 Å². The van der Waals surface area contributed by atoms with Gasteiger partial charge in [-0.05, 0) is 48.6 Å². The van der Waals surface area contributed by atoms with Crippen LogP contribution >= 0.6 is 11.3 Å². The van der Waals surface area contributed by atoms with Crippen LogP contribution in [0, 0.1) is 0 Å². The summed E-state index contributed by atoms with van der Waals surface area (Å²) in [6.07, 6.45) is 6.93. The number of rotatable bonds is 8. The lowest BCUT2D eigenvalue weighted by Crippen LogP contribution is -2.24. The third-order valence-corrected chi connectivity index (χ3v) is 7.37. The minimum Gasteiger partial charge on any atom is -0.497 e. The van der Waals surface area contributed by atoms with Crippen molar-refractivity contribution in [1.82, 2.24) is 14.5 Å². The third kappa shape index (κ3) is 3.80. The number of thiophene rings is 1. The van der Waals surface area contributed by atoms with Crippen LogP contribution in [0.3, 0.4) is 0 Å². The van der Waals surface area contributed by atoms with Gasteiger partial charge in [0.15, 0.2) is 6.39 Å². The summed E-state index contributed by atoms with van der Waals surface area (Å²) in [7, 11) is 1.67. The van der Waals surface area contributed by atoms with Crippen LogP contribution in [0.2, 0.25) is 0 Å². The number of hydrogen-bond acceptors (Lipinski definition) is 7. The molecule has 0 radical (unpaired) electrons. The van der Waals surface area contributed by atoms with Gasteiger partial charge in [-0.25, -0.2) is 9.97 Å². The molecule has 1 fully saturated rings. The quantitative estimate of drug-likeness (QED) is 0.260. The van der Waals surface area contributed by atoms with Crippen molar-refractivity contribution < 1.29 is 13.9 Å². The fourth-order valence-electron chi connectivity index (χ4n) is 4.45. The van der Waals surface area contributed by atoms with Gasteiger partial charge in [-0.1, -0.05) is 24.8 Å². The first-order valence-corrected chi connectivity index (χ1v) is 12.2. The van der Waals surface area contributed by atoms with E-state index in [1.807, 2.05) is 30.3 Å². The molecule has 0 atom stereocenters. The number of nitrogens with zero attached hydrogens (tertiary/aromatic N) is 3. The summed E-state index contributed by atoms with van der Waals surface area (Å²) in [5, 5.41) is 1.41. The predicted octanol–water partition coefficient (Wildman–Crippen LogP) is 5.77. The van der Waals surface area contributed by atoms with Crippen molar-refractivity contribution in [3.05, 3.63) is 83.3 Å². The van der Waals surface area contributed by atoms with E-state index in [2.05, 4.69) is 17.6 Å². The molecule has 1 saturated carbocycles. The molecular formula is C27H23N3O4S. The van der Waals surface area contributed by atoms with Crippen molar-refractivity contribution in [2.24, 2.45) is 0 Å². The molecule has 0 amide bonds. The average Bonchev–Trinajstić information content (AvgIpc) is 3.46. The summed E-state index contributed by atoms with van der Waals surface area (Å²) in [4.78, 5) is 23.8. The Morgan fingerprint density at radius 1 is 1.29 bits per heavy atom. The number of hydrogen-bond donors (Lipinski definition) is 0. The van der Waals surface area contributed by atoms with Crippen molar-refractivity contribution >= 4 is 31.6 Å². The minimum absolute atomic E-state index is 0.119. The molecule has 0 N–H and O–H groups in total. The smallest absolute Gasteiger partial charge is 0.263 e. The molecule has 0 unspecified atom stereocenters. The maximum absolute atomic E-state index is 14.1. The van der Waals surface area contributed by atoms with Crippen molar-refractivity contribution in [3.8, 4) is 22.9 Å². The van der Waals surface area contributed by atoms with Crippen LogP contribution in [-0.4, -0.2) is 28.3 Å². The Hall–Kier alpha value is -3.91. The van der Waals surface area contributed by atoms with Gasteiger partial charge in [0, 0.05) is 10.9 Å². The first-order chi connectivity index (χ1) is 17.2. The third-order valence-electron chi connectivity index (χ3n) is 6.25. The van der Waals surface area contributed by atoms with E-state index in [0.717, 1.165) is 45.6 Å². The highest BCUT2D eigenvalue weighted by molar-refractivity contribution is 7.25. The molecule has 35 heavy (non-hydrogen) atoms. The first-order valence-electron chi connectivity index (χ1n) is 11.4. The van der Waals surface area contributed by atoms with Crippen molar-refractivity contribution in [3.63, 3.8) is 0 Å². The fourth-order valence-corrected chi connectivity index (χ4v) is 5.58. The van der Waals surface area contributed by atoms with Gasteiger partial charge >= 0.3 is 0 Å². The maximum atomic E-state index is 14.1. The topological polar surface area (TPSA) is 79.4 Å². The number of aromatic nitrogens is 3. The summed E-state index contributed by atoms with van der Waals surface area (Å²) in [5.74, 6) is 3.16. The lowest BCUT2D eigenvalue weighted by Gasteiger charge is -2.15. The van der Waals surface area contributed by atoms with Crippen LogP contribution < -0.4 is 15.0 Å². The predicted molar refractivity (Wildman–Crippen MR) is 137 cm³/mol. The van der Waals surface area contributed by atoms with E-state index < -0.39 is 0 Å². The van der Waals surface area contributed by atoms with Gasteiger partial charge < -0.3 is 13.9 Å². The van der Waals surface area contributed by atoms with Crippen LogP contribution in [0.15, 0.2) is 70.9 Å². The molecular weight excluding hydrogens is 462 g/mol. The zero-order valence-corrected chi connectivity index (χ0v) is 20.0. The van der Waals surface area contributed by atoms with Crippen LogP contribution in [0.1, 0.15) is 30.1 Å². The normalized spacial score (nSPS) is 13.4. The zero-order valence-electron chi connectivity index (χ0n) is 19.2. The molecule has 176 valence electrons. The molecule has 1 aliphatic carbocycles. The Kier molecular flexibility index (Phi) is 5.37. The molecule has 0 bridgehead atoms. The molecule has 3 aromatic heterocycles. The average molecular weight is 486 g/mol. The number of ether oxygens (including phenoxy) is 2. The van der Waals surface area contributed by atoms with E-state index in [1.54, 1.807) is 23.9 Å². The summed E-state index contributed by atoms with van der Waals surface area (Å²) >= 11 is 1.47. The largest absolute Gasteiger partial charge is 0.497 e. The lowest BCUT2D eigenvalue weighted by molar-refractivity contribution is 0.368. The SMILES string of the molecule is C=CCOc1cccc2c1sc1nc(-c3ccc(OC)cc3C3CC3)n(Cc3cnco3)c(=O)c12. The first kappa shape index (κ1) is 21.6. The molecule has 7 nitrogen and oxygen atoms in total. The second-order valence-corrected chi connectivity index (χ2v) is 9.54. The van der Waals surface area contributed by atoms with Gasteiger partial charge in [-0.3, -0.25) is 9.36 Å². The molecule has 0 spiro atoms. The molecule has 0 saturated heterocycles. The Labute approximate surface area is 205 Å². The van der Waals surface area contributed by atoms with E-state index in [-0.39, 0.29) is 12.1 Å². The van der Waals surface area contributed by atoms with Gasteiger partial charge in [0.25, 0.3) is 5.56 Å². The van der Waals surface area contributed by atoms with Crippen LogP contribution in [0.25, 0.3) is 31.7 Å². The standard InChI is InChI=1S/C27H23N3O4S/c1-3-11-33-22-6-4-5-20-23-26(35-24(20)22)29-25(30(27(23)31)14-18-13-28-15-34-18)19-10-9-17(32-2)12-21(19)16-7-8-16/h3-6,9-10,12-13,15-16H,1,7-8,11,14H2,2H3. The van der Waals surface area contributed by atoms with Crippen LogP contribution in [-0.2, 0) is 6.54 Å². The van der Waals surface area contributed by atoms with Crippen molar-refractivity contribution in [2.45, 2.75) is 25.3 Å². The number of fused-ring (bicyclic) bond motifs is 3. The summed E-state index contributed by atoms with van der Waals surface area (Å²) in [6, 6.07) is 11.7. The molecule has 1 aliphatic rings. The maximum Gasteiger partial charge on any atom is 0.263 e. The van der Waals surface area contributed by atoms with Gasteiger partial charge in [-0.15, -0.1) is 11.3 Å². The molecule has 0 aliphatic heterocycles. The highest BCUT2D eigenvalue weighted by Crippen LogP contribution is 2.46. The molecule has 3 heterocycles. The van der Waals surface area contributed by atoms with E-state index in [9.17, 15) is 4.79 Å². The number of oxazole rings is 1. The number of benzene rings is 2. The van der Waals surface area contributed by atoms with Gasteiger partial charge in [0.05, 0.1) is 29.9 Å². The molecule has 8 heteroatoms. The minimum atomic E-state index is -0.119. The summed E-state index contributed by atoms with van der Waals surface area (Å²) in [6.45, 7) is 4.36. The monoisotopic (exact) mass is 485 g/mol. The highest BCUT2D eigenvalue weighted by atomic mass is 32.1.